The summed E-state index contributed by atoms with van der Waals surface area (Å²) in [5, 5.41) is 10.9. The van der Waals surface area contributed by atoms with E-state index in [4.69, 9.17) is 11.6 Å². The number of nitrogens with one attached hydrogen (secondary N) is 1. The molecule has 1 aliphatic carbocycles. The Morgan fingerprint density at radius 3 is 2.80 bits per heavy atom. The van der Waals surface area contributed by atoms with Crippen molar-refractivity contribution in [3.8, 4) is 0 Å². The molecule has 1 amide bonds. The summed E-state index contributed by atoms with van der Waals surface area (Å²) in [5.41, 5.74) is 1.06. The molecule has 0 bridgehead atoms. The molecule has 2 aromatic rings. The summed E-state index contributed by atoms with van der Waals surface area (Å²) < 4.78 is 29.1. The Labute approximate surface area is 149 Å². The summed E-state index contributed by atoms with van der Waals surface area (Å²) >= 11 is 6.03. The zero-order chi connectivity index (χ0) is 18.0. The summed E-state index contributed by atoms with van der Waals surface area (Å²) in [6.45, 7) is 3.00. The number of hydrogen-bond acceptors (Lipinski definition) is 3. The molecule has 0 radical (unpaired) electrons. The first kappa shape index (κ1) is 17.8. The quantitative estimate of drug-likeness (QED) is 0.725. The Bertz CT molecular complexity index is 754. The highest BCUT2D eigenvalue weighted by molar-refractivity contribution is 6.32. The van der Waals surface area contributed by atoms with Crippen molar-refractivity contribution in [2.24, 2.45) is 0 Å². The monoisotopic (exact) mass is 371 g/mol. The van der Waals surface area contributed by atoms with Crippen LogP contribution in [0, 0.1) is 6.92 Å². The summed E-state index contributed by atoms with van der Waals surface area (Å²) in [4.78, 5) is 12.1. The zero-order valence-corrected chi connectivity index (χ0v) is 14.6. The Hall–Kier alpha value is -1.96. The number of halogens is 3. The smallest absolute Gasteiger partial charge is 0.283 e. The van der Waals surface area contributed by atoms with Crippen LogP contribution in [-0.2, 0) is 17.9 Å². The first-order chi connectivity index (χ1) is 12.0. The summed E-state index contributed by atoms with van der Waals surface area (Å²) in [6.07, 6.45) is 1.64. The topological polar surface area (TPSA) is 64.7 Å². The van der Waals surface area contributed by atoms with Gasteiger partial charge < -0.3 is 5.32 Å². The van der Waals surface area contributed by atoms with Crippen molar-refractivity contribution >= 4 is 17.5 Å². The predicted octanol–water partition coefficient (Wildman–Crippen LogP) is 3.06. The maximum Gasteiger partial charge on any atom is 0.283 e. The standard InChI is InChI=1S/C16H20ClF2N5O/c1-10-5-8-23(21-10)7-2-6-20-12(25)9-24-15(11-3-4-11)13(17)14(22-24)16(18)19/h5,8,11,16H,2-4,6-7,9H2,1H3,(H,20,25). The van der Waals surface area contributed by atoms with Gasteiger partial charge in [0.15, 0.2) is 0 Å². The molecule has 6 nitrogen and oxygen atoms in total. The number of carbonyl (C=O) groups excluding carboxylic acids is 1. The lowest BCUT2D eigenvalue weighted by Gasteiger charge is -2.08. The van der Waals surface area contributed by atoms with Gasteiger partial charge in [0.25, 0.3) is 6.43 Å². The Morgan fingerprint density at radius 2 is 2.20 bits per heavy atom. The first-order valence-electron chi connectivity index (χ1n) is 8.26. The van der Waals surface area contributed by atoms with Crippen LogP contribution in [0.2, 0.25) is 5.02 Å². The van der Waals surface area contributed by atoms with Gasteiger partial charge in [0, 0.05) is 25.2 Å². The van der Waals surface area contributed by atoms with Gasteiger partial charge >= 0.3 is 0 Å². The highest BCUT2D eigenvalue weighted by Crippen LogP contribution is 2.45. The average Bonchev–Trinajstić information content (AvgIpc) is 3.21. The fourth-order valence-electron chi connectivity index (χ4n) is 2.73. The number of amides is 1. The molecule has 1 saturated carbocycles. The van der Waals surface area contributed by atoms with Gasteiger partial charge in [-0.1, -0.05) is 11.6 Å². The summed E-state index contributed by atoms with van der Waals surface area (Å²) in [5.74, 6) is -0.137. The van der Waals surface area contributed by atoms with Gasteiger partial charge in [-0.25, -0.2) is 8.78 Å². The molecule has 25 heavy (non-hydrogen) atoms. The van der Waals surface area contributed by atoms with Crippen LogP contribution in [0.5, 0.6) is 0 Å². The van der Waals surface area contributed by atoms with Crippen LogP contribution < -0.4 is 5.32 Å². The molecule has 0 spiro atoms. The number of nitrogens with zero attached hydrogens (tertiary/aromatic N) is 4. The van der Waals surface area contributed by atoms with Gasteiger partial charge in [-0.2, -0.15) is 10.2 Å². The molecule has 0 aliphatic heterocycles. The molecule has 3 rings (SSSR count). The minimum absolute atomic E-state index is 0.000600. The lowest BCUT2D eigenvalue weighted by Crippen LogP contribution is -2.30. The van der Waals surface area contributed by atoms with Gasteiger partial charge in [0.2, 0.25) is 5.91 Å². The van der Waals surface area contributed by atoms with Crippen LogP contribution in [-0.4, -0.2) is 32.0 Å². The van der Waals surface area contributed by atoms with E-state index in [9.17, 15) is 13.6 Å². The second-order valence-electron chi connectivity index (χ2n) is 6.24. The Kier molecular flexibility index (Phi) is 5.36. The third kappa shape index (κ3) is 4.36. The minimum atomic E-state index is -2.74. The van der Waals surface area contributed by atoms with E-state index in [1.165, 1.54) is 4.68 Å². The van der Waals surface area contributed by atoms with Gasteiger partial charge in [-0.15, -0.1) is 0 Å². The molecule has 1 aliphatic rings. The van der Waals surface area contributed by atoms with E-state index < -0.39 is 12.1 Å². The predicted molar refractivity (Wildman–Crippen MR) is 88.8 cm³/mol. The molecule has 136 valence electrons. The SMILES string of the molecule is Cc1ccn(CCCNC(=O)Cn2nc(C(F)F)c(Cl)c2C2CC2)n1. The lowest BCUT2D eigenvalue weighted by molar-refractivity contribution is -0.121. The van der Waals surface area contributed by atoms with E-state index in [1.54, 1.807) is 0 Å². The van der Waals surface area contributed by atoms with Gasteiger partial charge in [0.1, 0.15) is 12.2 Å². The molecule has 0 unspecified atom stereocenters. The maximum absolute atomic E-state index is 13.0. The van der Waals surface area contributed by atoms with Crippen molar-refractivity contribution in [2.75, 3.05) is 6.54 Å². The molecule has 1 fully saturated rings. The third-order valence-electron chi connectivity index (χ3n) is 4.08. The minimum Gasteiger partial charge on any atom is -0.354 e. The second kappa shape index (κ2) is 7.51. The van der Waals surface area contributed by atoms with E-state index in [1.807, 2.05) is 23.9 Å². The van der Waals surface area contributed by atoms with Gasteiger partial charge in [0.05, 0.1) is 16.4 Å². The first-order valence-corrected chi connectivity index (χ1v) is 8.64. The Morgan fingerprint density at radius 1 is 1.44 bits per heavy atom. The van der Waals surface area contributed by atoms with Crippen LogP contribution in [0.4, 0.5) is 8.78 Å². The van der Waals surface area contributed by atoms with Crippen LogP contribution >= 0.6 is 11.6 Å². The molecule has 1 N–H and O–H groups in total. The third-order valence-corrected chi connectivity index (χ3v) is 4.47. The largest absolute Gasteiger partial charge is 0.354 e. The van der Waals surface area contributed by atoms with Crippen molar-refractivity contribution in [2.45, 2.75) is 51.6 Å². The molecular weight excluding hydrogens is 352 g/mol. The van der Waals surface area contributed by atoms with Crippen molar-refractivity contribution < 1.29 is 13.6 Å². The average molecular weight is 372 g/mol. The second-order valence-corrected chi connectivity index (χ2v) is 6.62. The number of carbonyl (C=O) groups is 1. The fraction of sp³-hybridized carbons (Fsp3) is 0.562. The maximum atomic E-state index is 13.0. The van der Waals surface area contributed by atoms with Crippen LogP contribution in [0.15, 0.2) is 12.3 Å². The normalized spacial score (nSPS) is 14.3. The van der Waals surface area contributed by atoms with Gasteiger partial charge in [-0.05, 0) is 32.3 Å². The number of alkyl halides is 2. The number of aryl methyl sites for hydroxylation is 2. The lowest BCUT2D eigenvalue weighted by atomic mass is 10.2. The number of aromatic nitrogens is 4. The van der Waals surface area contributed by atoms with Gasteiger partial charge in [-0.3, -0.25) is 14.2 Å². The molecule has 0 saturated heterocycles. The van der Waals surface area contributed by atoms with Crippen LogP contribution in [0.1, 0.15) is 48.7 Å². The van der Waals surface area contributed by atoms with E-state index in [-0.39, 0.29) is 23.4 Å². The highest BCUT2D eigenvalue weighted by Gasteiger charge is 2.34. The van der Waals surface area contributed by atoms with Crippen molar-refractivity contribution in [3.05, 3.63) is 34.4 Å². The number of rotatable bonds is 8. The Balaban J connectivity index is 1.53. The van der Waals surface area contributed by atoms with Crippen molar-refractivity contribution in [1.29, 1.82) is 0 Å². The van der Waals surface area contributed by atoms with E-state index >= 15 is 0 Å². The molecule has 0 atom stereocenters. The number of hydrogen-bond donors (Lipinski definition) is 1. The molecule has 2 aromatic heterocycles. The summed E-state index contributed by atoms with van der Waals surface area (Å²) in [7, 11) is 0. The van der Waals surface area contributed by atoms with E-state index in [0.717, 1.165) is 25.0 Å². The highest BCUT2D eigenvalue weighted by atomic mass is 35.5. The summed E-state index contributed by atoms with van der Waals surface area (Å²) in [6, 6.07) is 1.92. The fourth-order valence-corrected chi connectivity index (χ4v) is 3.10. The zero-order valence-electron chi connectivity index (χ0n) is 13.9. The van der Waals surface area contributed by atoms with Crippen molar-refractivity contribution in [3.63, 3.8) is 0 Å². The van der Waals surface area contributed by atoms with Crippen LogP contribution in [0.3, 0.4) is 0 Å². The molecule has 2 heterocycles. The van der Waals surface area contributed by atoms with Crippen LogP contribution in [0.25, 0.3) is 0 Å². The van der Waals surface area contributed by atoms with E-state index in [0.29, 0.717) is 18.8 Å². The molecular formula is C16H20ClF2N5O. The molecule has 0 aromatic carbocycles. The van der Waals surface area contributed by atoms with E-state index in [2.05, 4.69) is 15.5 Å². The molecule has 9 heteroatoms. The van der Waals surface area contributed by atoms with Crippen molar-refractivity contribution in [1.82, 2.24) is 24.9 Å².